The minimum atomic E-state index is -0.281. The van der Waals surface area contributed by atoms with Crippen molar-refractivity contribution >= 4 is 35.0 Å². The van der Waals surface area contributed by atoms with Crippen LogP contribution in [0, 0.1) is 11.8 Å². The van der Waals surface area contributed by atoms with Crippen LogP contribution < -0.4 is 25.2 Å². The Bertz CT molecular complexity index is 1290. The minimum Gasteiger partial charge on any atom is -0.495 e. The molecule has 2 N–H and O–H groups in total. The molecule has 3 aliphatic rings. The average Bonchev–Trinajstić information content (AvgIpc) is 3.78. The summed E-state index contributed by atoms with van der Waals surface area (Å²) >= 11 is 0. The molecule has 1 saturated heterocycles. The number of carbonyl (C=O) groups is 2. The van der Waals surface area contributed by atoms with E-state index in [-0.39, 0.29) is 29.9 Å². The number of likely N-dealkylation sites (tertiary alicyclic amines) is 1. The van der Waals surface area contributed by atoms with E-state index in [9.17, 15) is 9.59 Å². The number of anilines is 4. The van der Waals surface area contributed by atoms with Gasteiger partial charge in [0, 0.05) is 37.8 Å². The molecule has 1 aromatic heterocycles. The van der Waals surface area contributed by atoms with Crippen LogP contribution in [0.1, 0.15) is 56.3 Å². The zero-order chi connectivity index (χ0) is 27.5. The van der Waals surface area contributed by atoms with Crippen molar-refractivity contribution in [1.29, 1.82) is 0 Å². The first-order valence-corrected chi connectivity index (χ1v) is 13.7. The average molecular weight is 532 g/mol. The fourth-order valence-corrected chi connectivity index (χ4v) is 5.36. The van der Waals surface area contributed by atoms with Crippen molar-refractivity contribution in [3.63, 3.8) is 0 Å². The third-order valence-electron chi connectivity index (χ3n) is 7.75. The van der Waals surface area contributed by atoms with Crippen LogP contribution in [0.15, 0.2) is 24.4 Å². The molecule has 10 nitrogen and oxygen atoms in total. The number of nitrogens with zero attached hydrogens (tertiary/aromatic N) is 5. The third-order valence-corrected chi connectivity index (χ3v) is 7.75. The van der Waals surface area contributed by atoms with Crippen molar-refractivity contribution in [1.82, 2.24) is 20.2 Å². The van der Waals surface area contributed by atoms with Crippen LogP contribution in [0.5, 0.6) is 5.75 Å². The van der Waals surface area contributed by atoms with Gasteiger partial charge in [0.1, 0.15) is 17.5 Å². The number of amides is 2. The summed E-state index contributed by atoms with van der Waals surface area (Å²) in [6.45, 7) is 6.55. The van der Waals surface area contributed by atoms with Crippen LogP contribution in [0.2, 0.25) is 0 Å². The lowest BCUT2D eigenvalue weighted by atomic mass is 9.97. The van der Waals surface area contributed by atoms with Gasteiger partial charge in [-0.2, -0.15) is 4.98 Å². The molecule has 2 aliphatic heterocycles. The molecule has 2 aromatic rings. The van der Waals surface area contributed by atoms with Gasteiger partial charge in [0.25, 0.3) is 5.91 Å². The molecule has 1 saturated carbocycles. The molecule has 0 radical (unpaired) electrons. The second-order valence-electron chi connectivity index (χ2n) is 10.4. The molecule has 3 heterocycles. The number of rotatable bonds is 8. The van der Waals surface area contributed by atoms with Gasteiger partial charge in [0.15, 0.2) is 5.82 Å². The molecule has 2 amide bonds. The van der Waals surface area contributed by atoms with Gasteiger partial charge in [-0.15, -0.1) is 5.92 Å². The van der Waals surface area contributed by atoms with E-state index in [2.05, 4.69) is 37.3 Å². The van der Waals surface area contributed by atoms with Crippen molar-refractivity contribution in [2.75, 3.05) is 48.9 Å². The molecule has 1 aromatic carbocycles. The molecular weight excluding hydrogens is 494 g/mol. The number of fused-ring (bicyclic) bond motifs is 1. The Kier molecular flexibility index (Phi) is 7.89. The first-order chi connectivity index (χ1) is 18.9. The zero-order valence-corrected chi connectivity index (χ0v) is 23.2. The smallest absolute Gasteiger partial charge is 0.251 e. The second-order valence-corrected chi connectivity index (χ2v) is 10.4. The van der Waals surface area contributed by atoms with E-state index in [1.165, 1.54) is 0 Å². The highest BCUT2D eigenvalue weighted by atomic mass is 16.5. The molecule has 0 unspecified atom stereocenters. The number of aromatic nitrogens is 2. The summed E-state index contributed by atoms with van der Waals surface area (Å²) in [4.78, 5) is 41.6. The number of methoxy groups -OCH3 is 1. The van der Waals surface area contributed by atoms with Crippen molar-refractivity contribution < 1.29 is 14.3 Å². The SMILES string of the molecule is CC#CCN1CCC(N2c3nc(Nc4ccc(C(=O)NC5CC5)cc4OC)ncc3N(C)C(=O)[C@H]2CC)CC1. The Hall–Kier alpha value is -3.84. The highest BCUT2D eigenvalue weighted by molar-refractivity contribution is 6.04. The number of benzene rings is 1. The van der Waals surface area contributed by atoms with E-state index in [4.69, 9.17) is 9.72 Å². The van der Waals surface area contributed by atoms with Crippen molar-refractivity contribution in [3.8, 4) is 17.6 Å². The summed E-state index contributed by atoms with van der Waals surface area (Å²) in [5, 5.41) is 6.28. The minimum absolute atomic E-state index is 0.0651. The maximum atomic E-state index is 13.3. The van der Waals surface area contributed by atoms with Crippen LogP contribution in [-0.2, 0) is 4.79 Å². The molecular formula is C29H37N7O3. The molecule has 1 atom stereocenters. The molecule has 1 aliphatic carbocycles. The van der Waals surface area contributed by atoms with Crippen molar-refractivity contribution in [3.05, 3.63) is 30.0 Å². The van der Waals surface area contributed by atoms with Crippen molar-refractivity contribution in [2.45, 2.75) is 64.1 Å². The topological polar surface area (TPSA) is 103 Å². The van der Waals surface area contributed by atoms with Gasteiger partial charge in [-0.1, -0.05) is 12.8 Å². The predicted octanol–water partition coefficient (Wildman–Crippen LogP) is 3.17. The molecule has 206 valence electrons. The quantitative estimate of drug-likeness (QED) is 0.501. The Labute approximate surface area is 230 Å². The highest BCUT2D eigenvalue weighted by Gasteiger charge is 2.41. The lowest BCUT2D eigenvalue weighted by molar-refractivity contribution is -0.120. The van der Waals surface area contributed by atoms with Crippen LogP contribution in [0.3, 0.4) is 0 Å². The maximum absolute atomic E-state index is 13.3. The van der Waals surface area contributed by atoms with Crippen molar-refractivity contribution in [2.24, 2.45) is 0 Å². The molecule has 0 bridgehead atoms. The molecule has 39 heavy (non-hydrogen) atoms. The normalized spacial score (nSPS) is 19.7. The van der Waals surface area contributed by atoms with Crippen LogP contribution >= 0.6 is 0 Å². The number of nitrogens with one attached hydrogen (secondary N) is 2. The largest absolute Gasteiger partial charge is 0.495 e. The summed E-state index contributed by atoms with van der Waals surface area (Å²) in [7, 11) is 3.36. The molecule has 10 heteroatoms. The summed E-state index contributed by atoms with van der Waals surface area (Å²) in [6, 6.07) is 5.49. The van der Waals surface area contributed by atoms with Gasteiger partial charge < -0.3 is 25.2 Å². The number of likely N-dealkylation sites (N-methyl/N-ethyl adjacent to an activating group) is 1. The first-order valence-electron chi connectivity index (χ1n) is 13.7. The van der Waals surface area contributed by atoms with E-state index in [0.29, 0.717) is 35.1 Å². The summed E-state index contributed by atoms with van der Waals surface area (Å²) in [5.74, 6) is 7.79. The Balaban J connectivity index is 1.41. The Morgan fingerprint density at radius 3 is 2.64 bits per heavy atom. The summed E-state index contributed by atoms with van der Waals surface area (Å²) in [6.07, 6.45) is 6.32. The van der Waals surface area contributed by atoms with Gasteiger partial charge in [-0.05, 0) is 57.2 Å². The Morgan fingerprint density at radius 2 is 1.97 bits per heavy atom. The fraction of sp³-hybridized carbons (Fsp3) is 0.517. The Morgan fingerprint density at radius 1 is 1.21 bits per heavy atom. The highest BCUT2D eigenvalue weighted by Crippen LogP contribution is 2.39. The molecule has 2 fully saturated rings. The summed E-state index contributed by atoms with van der Waals surface area (Å²) in [5.41, 5.74) is 1.90. The molecule has 0 spiro atoms. The number of ether oxygens (including phenoxy) is 1. The standard InChI is InChI=1S/C29H37N7O3/c1-5-7-14-35-15-12-21(13-16-35)36-23(6-2)28(38)34(3)24-18-30-29(33-26(24)36)32-22-11-8-19(17-25(22)39-4)27(37)31-20-9-10-20/h8,11,17-18,20-21,23H,6,9-10,12-16H2,1-4H3,(H,31,37)(H,30,32,33)/t23-/m1/s1. The van der Waals surface area contributed by atoms with Gasteiger partial charge in [0.05, 0.1) is 25.5 Å². The first kappa shape index (κ1) is 26.8. The number of carbonyl (C=O) groups excluding carboxylic acids is 2. The van der Waals surface area contributed by atoms with Gasteiger partial charge in [-0.25, -0.2) is 4.98 Å². The van der Waals surface area contributed by atoms with E-state index < -0.39 is 0 Å². The van der Waals surface area contributed by atoms with E-state index in [1.54, 1.807) is 43.5 Å². The van der Waals surface area contributed by atoms with E-state index in [1.807, 2.05) is 13.8 Å². The fourth-order valence-electron chi connectivity index (χ4n) is 5.36. The number of piperidine rings is 1. The van der Waals surface area contributed by atoms with Crippen LogP contribution in [0.25, 0.3) is 0 Å². The van der Waals surface area contributed by atoms with Gasteiger partial charge >= 0.3 is 0 Å². The summed E-state index contributed by atoms with van der Waals surface area (Å²) < 4.78 is 5.59. The van der Waals surface area contributed by atoms with Gasteiger partial charge in [0.2, 0.25) is 11.9 Å². The zero-order valence-electron chi connectivity index (χ0n) is 23.2. The monoisotopic (exact) mass is 531 g/mol. The van der Waals surface area contributed by atoms with Gasteiger partial charge in [-0.3, -0.25) is 14.5 Å². The van der Waals surface area contributed by atoms with E-state index in [0.717, 1.165) is 51.1 Å². The predicted molar refractivity (Wildman–Crippen MR) is 152 cm³/mol. The molecule has 5 rings (SSSR count). The van der Waals surface area contributed by atoms with E-state index >= 15 is 0 Å². The number of hydrogen-bond donors (Lipinski definition) is 2. The maximum Gasteiger partial charge on any atom is 0.251 e. The lowest BCUT2D eigenvalue weighted by Gasteiger charge is -2.46. The van der Waals surface area contributed by atoms with Crippen LogP contribution in [-0.4, -0.2) is 78.6 Å². The third kappa shape index (κ3) is 5.64. The lowest BCUT2D eigenvalue weighted by Crippen LogP contribution is -2.58. The second kappa shape index (κ2) is 11.5. The number of hydrogen-bond acceptors (Lipinski definition) is 8. The van der Waals surface area contributed by atoms with Crippen LogP contribution in [0.4, 0.5) is 23.1 Å².